The number of nitrogens with zero attached hydrogens (tertiary/aromatic N) is 2. The van der Waals surface area contributed by atoms with Crippen LogP contribution in [0, 0.1) is 0 Å². The fourth-order valence-electron chi connectivity index (χ4n) is 2.49. The number of rotatable bonds is 6. The Morgan fingerprint density at radius 2 is 1.96 bits per heavy atom. The molecule has 0 radical (unpaired) electrons. The Labute approximate surface area is 152 Å². The molecule has 6 heteroatoms. The molecular formula is C20H23N3O3. The number of hydrogen-bond donors (Lipinski definition) is 1. The Kier molecular flexibility index (Phi) is 5.11. The van der Waals surface area contributed by atoms with Gasteiger partial charge in [0.25, 0.3) is 5.91 Å². The molecule has 1 aromatic carbocycles. The van der Waals surface area contributed by atoms with Crippen LogP contribution >= 0.6 is 0 Å². The first-order valence-electron chi connectivity index (χ1n) is 8.49. The molecule has 6 nitrogen and oxygen atoms in total. The molecule has 26 heavy (non-hydrogen) atoms. The van der Waals surface area contributed by atoms with E-state index < -0.39 is 0 Å². The summed E-state index contributed by atoms with van der Waals surface area (Å²) in [6.45, 7) is 6.85. The Morgan fingerprint density at radius 1 is 1.19 bits per heavy atom. The minimum absolute atomic E-state index is 0.0687. The molecule has 3 aromatic rings. The van der Waals surface area contributed by atoms with Crippen LogP contribution in [0.25, 0.3) is 0 Å². The van der Waals surface area contributed by atoms with Crippen LogP contribution in [-0.2, 0) is 16.8 Å². The molecule has 2 heterocycles. The van der Waals surface area contributed by atoms with E-state index in [0.717, 1.165) is 5.76 Å². The fraction of sp³-hybridized carbons (Fsp3) is 0.300. The van der Waals surface area contributed by atoms with E-state index >= 15 is 0 Å². The van der Waals surface area contributed by atoms with Crippen LogP contribution in [0.4, 0.5) is 5.82 Å². The molecule has 0 spiro atoms. The number of amides is 1. The second-order valence-electron chi connectivity index (χ2n) is 7.06. The zero-order valence-corrected chi connectivity index (χ0v) is 15.2. The Bertz CT molecular complexity index is 843. The van der Waals surface area contributed by atoms with Gasteiger partial charge in [0, 0.05) is 6.07 Å². The highest BCUT2D eigenvalue weighted by Gasteiger charge is 2.13. The molecule has 1 N–H and O–H groups in total. The van der Waals surface area contributed by atoms with Crippen molar-refractivity contribution in [3.8, 4) is 5.75 Å². The molecule has 1 amide bonds. The van der Waals surface area contributed by atoms with E-state index in [2.05, 4.69) is 31.2 Å². The molecule has 0 fully saturated rings. The number of nitrogens with one attached hydrogen (secondary N) is 1. The number of hydrogen-bond acceptors (Lipinski definition) is 4. The summed E-state index contributed by atoms with van der Waals surface area (Å²) >= 11 is 0. The minimum atomic E-state index is -0.244. The molecule has 0 saturated carbocycles. The van der Waals surface area contributed by atoms with Crippen LogP contribution in [0.1, 0.15) is 32.1 Å². The van der Waals surface area contributed by atoms with Gasteiger partial charge in [-0.3, -0.25) is 4.79 Å². The third-order valence-electron chi connectivity index (χ3n) is 3.96. The van der Waals surface area contributed by atoms with E-state index in [1.165, 1.54) is 5.56 Å². The van der Waals surface area contributed by atoms with Gasteiger partial charge in [-0.15, -0.1) is 0 Å². The van der Waals surface area contributed by atoms with Crippen LogP contribution < -0.4 is 10.1 Å². The van der Waals surface area contributed by atoms with Crippen molar-refractivity contribution in [2.45, 2.75) is 32.7 Å². The average Bonchev–Trinajstić information content (AvgIpc) is 3.26. The molecule has 2 aromatic heterocycles. The lowest BCUT2D eigenvalue weighted by molar-refractivity contribution is -0.118. The first kappa shape index (κ1) is 17.8. The molecule has 0 aliphatic carbocycles. The number of ether oxygens (including phenoxy) is 1. The van der Waals surface area contributed by atoms with Gasteiger partial charge in [-0.2, -0.15) is 5.10 Å². The van der Waals surface area contributed by atoms with Gasteiger partial charge >= 0.3 is 0 Å². The number of carbonyl (C=O) groups is 1. The van der Waals surface area contributed by atoms with Gasteiger partial charge in [0.2, 0.25) is 0 Å². The van der Waals surface area contributed by atoms with Crippen LogP contribution in [-0.4, -0.2) is 22.3 Å². The first-order valence-corrected chi connectivity index (χ1v) is 8.49. The molecule has 0 atom stereocenters. The lowest BCUT2D eigenvalue weighted by Gasteiger charge is -2.19. The van der Waals surface area contributed by atoms with Crippen LogP contribution in [0.15, 0.2) is 59.3 Å². The summed E-state index contributed by atoms with van der Waals surface area (Å²) in [6.07, 6.45) is 3.24. The maximum absolute atomic E-state index is 12.2. The summed E-state index contributed by atoms with van der Waals surface area (Å²) in [5.41, 5.74) is 1.30. The SMILES string of the molecule is CC(C)(C)c1ccc(OCC(=O)Nc2ccnn2Cc2ccco2)cc1. The number of furan rings is 1. The number of benzene rings is 1. The number of anilines is 1. The topological polar surface area (TPSA) is 69.3 Å². The van der Waals surface area contributed by atoms with Crippen molar-refractivity contribution < 1.29 is 13.9 Å². The third kappa shape index (κ3) is 4.53. The van der Waals surface area contributed by atoms with E-state index in [-0.39, 0.29) is 17.9 Å². The van der Waals surface area contributed by atoms with Crippen molar-refractivity contribution in [1.82, 2.24) is 9.78 Å². The van der Waals surface area contributed by atoms with Gasteiger partial charge in [0.05, 0.1) is 12.5 Å². The van der Waals surface area contributed by atoms with Gasteiger partial charge in [-0.05, 0) is 35.2 Å². The predicted molar refractivity (Wildman–Crippen MR) is 99.3 cm³/mol. The van der Waals surface area contributed by atoms with E-state index in [1.807, 2.05) is 36.4 Å². The summed E-state index contributed by atoms with van der Waals surface area (Å²) in [5.74, 6) is 1.78. The van der Waals surface area contributed by atoms with Crippen molar-refractivity contribution in [1.29, 1.82) is 0 Å². The Morgan fingerprint density at radius 3 is 2.62 bits per heavy atom. The lowest BCUT2D eigenvalue weighted by Crippen LogP contribution is -2.22. The smallest absolute Gasteiger partial charge is 0.263 e. The van der Waals surface area contributed by atoms with Gasteiger partial charge < -0.3 is 14.5 Å². The first-order chi connectivity index (χ1) is 12.4. The van der Waals surface area contributed by atoms with E-state index in [0.29, 0.717) is 18.1 Å². The minimum Gasteiger partial charge on any atom is -0.484 e. The summed E-state index contributed by atoms with van der Waals surface area (Å²) in [6, 6.07) is 13.2. The summed E-state index contributed by atoms with van der Waals surface area (Å²) in [4.78, 5) is 12.2. The second-order valence-corrected chi connectivity index (χ2v) is 7.06. The van der Waals surface area contributed by atoms with Gasteiger partial charge in [-0.25, -0.2) is 4.68 Å². The normalized spacial score (nSPS) is 11.3. The zero-order chi connectivity index (χ0) is 18.6. The Balaban J connectivity index is 1.54. The predicted octanol–water partition coefficient (Wildman–Crippen LogP) is 3.84. The zero-order valence-electron chi connectivity index (χ0n) is 15.2. The standard InChI is InChI=1S/C20H23N3O3/c1-20(2,3)15-6-8-16(9-7-15)26-14-19(24)22-18-10-11-21-23(18)13-17-5-4-12-25-17/h4-12H,13-14H2,1-3H3,(H,22,24). The summed E-state index contributed by atoms with van der Waals surface area (Å²) < 4.78 is 12.5. The maximum Gasteiger partial charge on any atom is 0.263 e. The molecule has 3 rings (SSSR count). The molecule has 136 valence electrons. The quantitative estimate of drug-likeness (QED) is 0.731. The maximum atomic E-state index is 12.2. The van der Waals surface area contributed by atoms with Crippen LogP contribution in [0.2, 0.25) is 0 Å². The molecule has 0 aliphatic rings. The summed E-state index contributed by atoms with van der Waals surface area (Å²) in [7, 11) is 0. The van der Waals surface area contributed by atoms with Crippen LogP contribution in [0.3, 0.4) is 0 Å². The van der Waals surface area contributed by atoms with Gasteiger partial charge in [0.15, 0.2) is 6.61 Å². The van der Waals surface area contributed by atoms with Crippen LogP contribution in [0.5, 0.6) is 5.75 Å². The molecule has 0 unspecified atom stereocenters. The van der Waals surface area contributed by atoms with Crippen molar-refractivity contribution in [2.24, 2.45) is 0 Å². The van der Waals surface area contributed by atoms with Crippen molar-refractivity contribution >= 4 is 11.7 Å². The summed E-state index contributed by atoms with van der Waals surface area (Å²) in [5, 5.41) is 7.00. The van der Waals surface area contributed by atoms with Crippen molar-refractivity contribution in [3.63, 3.8) is 0 Å². The van der Waals surface area contributed by atoms with E-state index in [9.17, 15) is 4.79 Å². The Hall–Kier alpha value is -3.02. The monoisotopic (exact) mass is 353 g/mol. The highest BCUT2D eigenvalue weighted by atomic mass is 16.5. The highest BCUT2D eigenvalue weighted by Crippen LogP contribution is 2.24. The average molecular weight is 353 g/mol. The second kappa shape index (κ2) is 7.47. The van der Waals surface area contributed by atoms with Crippen molar-refractivity contribution in [3.05, 3.63) is 66.2 Å². The van der Waals surface area contributed by atoms with Crippen molar-refractivity contribution in [2.75, 3.05) is 11.9 Å². The highest BCUT2D eigenvalue weighted by molar-refractivity contribution is 5.91. The third-order valence-corrected chi connectivity index (χ3v) is 3.96. The fourth-order valence-corrected chi connectivity index (χ4v) is 2.49. The van der Waals surface area contributed by atoms with E-state index in [1.54, 1.807) is 23.2 Å². The molecule has 0 saturated heterocycles. The van der Waals surface area contributed by atoms with Gasteiger partial charge in [0.1, 0.15) is 23.9 Å². The van der Waals surface area contributed by atoms with Gasteiger partial charge in [-0.1, -0.05) is 32.9 Å². The van der Waals surface area contributed by atoms with E-state index in [4.69, 9.17) is 9.15 Å². The lowest BCUT2D eigenvalue weighted by atomic mass is 9.87. The number of carbonyl (C=O) groups excluding carboxylic acids is 1. The molecule has 0 aliphatic heterocycles. The number of aromatic nitrogens is 2. The molecular weight excluding hydrogens is 330 g/mol. The largest absolute Gasteiger partial charge is 0.484 e. The molecule has 0 bridgehead atoms.